The number of carbonyl (C=O) groups is 1. The van der Waals surface area contributed by atoms with Crippen LogP contribution in [0.4, 0.5) is 0 Å². The van der Waals surface area contributed by atoms with Gasteiger partial charge in [0.1, 0.15) is 0 Å². The van der Waals surface area contributed by atoms with Gasteiger partial charge in [-0.1, -0.05) is 0 Å². The Hall–Kier alpha value is -0.610. The molecule has 3 N–H and O–H groups in total. The molecule has 0 aromatic rings. The van der Waals surface area contributed by atoms with Gasteiger partial charge in [0.15, 0.2) is 0 Å². The third-order valence-electron chi connectivity index (χ3n) is 1.62. The van der Waals surface area contributed by atoms with Crippen LogP contribution in [0.3, 0.4) is 0 Å². The molecule has 0 radical (unpaired) electrons. The third kappa shape index (κ3) is 3.95. The molecule has 64 valence electrons. The summed E-state index contributed by atoms with van der Waals surface area (Å²) in [6.45, 7) is 4.67. The van der Waals surface area contributed by atoms with Gasteiger partial charge in [0, 0.05) is 13.1 Å². The van der Waals surface area contributed by atoms with Gasteiger partial charge in [0.2, 0.25) is 5.91 Å². The third-order valence-corrected chi connectivity index (χ3v) is 1.62. The van der Waals surface area contributed by atoms with E-state index in [0.29, 0.717) is 6.54 Å². The van der Waals surface area contributed by atoms with Crippen molar-refractivity contribution < 1.29 is 4.79 Å². The normalized spacial score (nSPS) is 22.4. The second kappa shape index (κ2) is 5.09. The number of piperazine rings is 1. The SMILES string of the molecule is C1CNC1.O=C1CNCCN1. The lowest BCUT2D eigenvalue weighted by atomic mass is 10.3. The minimum absolute atomic E-state index is 0.103. The van der Waals surface area contributed by atoms with Crippen LogP contribution in [0.25, 0.3) is 0 Å². The summed E-state index contributed by atoms with van der Waals surface area (Å²) in [5.41, 5.74) is 0. The van der Waals surface area contributed by atoms with Gasteiger partial charge in [-0.25, -0.2) is 0 Å². The van der Waals surface area contributed by atoms with Crippen LogP contribution in [-0.2, 0) is 4.79 Å². The second-order valence-corrected chi connectivity index (χ2v) is 2.63. The molecule has 4 nitrogen and oxygen atoms in total. The maximum atomic E-state index is 10.3. The van der Waals surface area contributed by atoms with Crippen LogP contribution in [0, 0.1) is 0 Å². The summed E-state index contributed by atoms with van der Waals surface area (Å²) < 4.78 is 0. The van der Waals surface area contributed by atoms with E-state index in [0.717, 1.165) is 13.1 Å². The van der Waals surface area contributed by atoms with Gasteiger partial charge in [-0.15, -0.1) is 0 Å². The van der Waals surface area contributed by atoms with Crippen molar-refractivity contribution in [3.8, 4) is 0 Å². The van der Waals surface area contributed by atoms with Crippen molar-refractivity contribution in [2.24, 2.45) is 0 Å². The highest BCUT2D eigenvalue weighted by Gasteiger charge is 2.02. The Labute approximate surface area is 66.7 Å². The molecule has 0 spiro atoms. The van der Waals surface area contributed by atoms with Crippen LogP contribution >= 0.6 is 0 Å². The minimum Gasteiger partial charge on any atom is -0.354 e. The lowest BCUT2D eigenvalue weighted by molar-refractivity contribution is -0.121. The van der Waals surface area contributed by atoms with E-state index in [4.69, 9.17) is 0 Å². The lowest BCUT2D eigenvalue weighted by Crippen LogP contribution is -2.44. The van der Waals surface area contributed by atoms with E-state index >= 15 is 0 Å². The van der Waals surface area contributed by atoms with Gasteiger partial charge in [0.25, 0.3) is 0 Å². The molecule has 0 aromatic heterocycles. The fraction of sp³-hybridized carbons (Fsp3) is 0.857. The molecule has 2 aliphatic rings. The summed E-state index contributed by atoms with van der Waals surface area (Å²) >= 11 is 0. The van der Waals surface area contributed by atoms with Crippen LogP contribution in [0.2, 0.25) is 0 Å². The Bertz CT molecular complexity index is 111. The average Bonchev–Trinajstić information content (AvgIpc) is 1.85. The summed E-state index contributed by atoms with van der Waals surface area (Å²) in [7, 11) is 0. The fourth-order valence-electron chi connectivity index (χ4n) is 0.732. The highest BCUT2D eigenvalue weighted by atomic mass is 16.2. The van der Waals surface area contributed by atoms with E-state index in [9.17, 15) is 4.79 Å². The molecular formula is C7H15N3O. The van der Waals surface area contributed by atoms with Gasteiger partial charge >= 0.3 is 0 Å². The summed E-state index contributed by atoms with van der Waals surface area (Å²) in [6.07, 6.45) is 1.39. The quantitative estimate of drug-likeness (QED) is 0.409. The van der Waals surface area contributed by atoms with Crippen molar-refractivity contribution in [3.63, 3.8) is 0 Å². The molecule has 11 heavy (non-hydrogen) atoms. The van der Waals surface area contributed by atoms with Gasteiger partial charge in [-0.2, -0.15) is 0 Å². The maximum Gasteiger partial charge on any atom is 0.234 e. The zero-order valence-electron chi connectivity index (χ0n) is 6.65. The summed E-state index contributed by atoms with van der Waals surface area (Å²) in [4.78, 5) is 10.3. The van der Waals surface area contributed by atoms with E-state index in [1.807, 2.05) is 0 Å². The summed E-state index contributed by atoms with van der Waals surface area (Å²) in [5, 5.41) is 8.71. The van der Waals surface area contributed by atoms with Crippen molar-refractivity contribution in [2.45, 2.75) is 6.42 Å². The smallest absolute Gasteiger partial charge is 0.234 e. The number of hydrogen-bond donors (Lipinski definition) is 3. The zero-order chi connectivity index (χ0) is 7.94. The topological polar surface area (TPSA) is 53.2 Å². The fourth-order valence-corrected chi connectivity index (χ4v) is 0.732. The standard InChI is InChI=1S/C4H8N2O.C3H7N/c7-4-3-5-1-2-6-4;1-2-4-3-1/h5H,1-3H2,(H,6,7);4H,1-3H2. The summed E-state index contributed by atoms with van der Waals surface area (Å²) in [5.74, 6) is 0.103. The molecule has 2 aliphatic heterocycles. The van der Waals surface area contributed by atoms with Gasteiger partial charge in [-0.05, 0) is 19.5 Å². The Kier molecular flexibility index (Phi) is 3.93. The van der Waals surface area contributed by atoms with Crippen LogP contribution in [0.1, 0.15) is 6.42 Å². The largest absolute Gasteiger partial charge is 0.354 e. The molecule has 2 rings (SSSR count). The first kappa shape index (κ1) is 8.49. The highest BCUT2D eigenvalue weighted by Crippen LogP contribution is 1.80. The molecule has 2 heterocycles. The molecule has 0 unspecified atom stereocenters. The first-order valence-electron chi connectivity index (χ1n) is 4.08. The van der Waals surface area contributed by atoms with E-state index in [-0.39, 0.29) is 5.91 Å². The molecule has 1 amide bonds. The Morgan fingerprint density at radius 3 is 1.82 bits per heavy atom. The van der Waals surface area contributed by atoms with E-state index in [1.165, 1.54) is 19.5 Å². The van der Waals surface area contributed by atoms with Crippen molar-refractivity contribution in [3.05, 3.63) is 0 Å². The van der Waals surface area contributed by atoms with Gasteiger partial charge < -0.3 is 16.0 Å². The van der Waals surface area contributed by atoms with Crippen molar-refractivity contribution >= 4 is 5.91 Å². The van der Waals surface area contributed by atoms with Gasteiger partial charge in [-0.3, -0.25) is 4.79 Å². The van der Waals surface area contributed by atoms with E-state index in [2.05, 4.69) is 16.0 Å². The van der Waals surface area contributed by atoms with Crippen LogP contribution in [0.5, 0.6) is 0 Å². The minimum atomic E-state index is 0.103. The van der Waals surface area contributed by atoms with Crippen LogP contribution in [0.15, 0.2) is 0 Å². The highest BCUT2D eigenvalue weighted by molar-refractivity contribution is 5.78. The molecule has 4 heteroatoms. The predicted molar refractivity (Wildman–Crippen MR) is 43.4 cm³/mol. The van der Waals surface area contributed by atoms with Crippen molar-refractivity contribution in [1.29, 1.82) is 0 Å². The summed E-state index contributed by atoms with van der Waals surface area (Å²) in [6, 6.07) is 0. The molecule has 0 bridgehead atoms. The monoisotopic (exact) mass is 157 g/mol. The number of carbonyl (C=O) groups excluding carboxylic acids is 1. The van der Waals surface area contributed by atoms with E-state index in [1.54, 1.807) is 0 Å². The Balaban J connectivity index is 0.000000128. The zero-order valence-corrected chi connectivity index (χ0v) is 6.65. The Morgan fingerprint density at radius 1 is 1.00 bits per heavy atom. The van der Waals surface area contributed by atoms with Crippen molar-refractivity contribution in [2.75, 3.05) is 32.7 Å². The first-order chi connectivity index (χ1) is 5.39. The number of nitrogens with one attached hydrogen (secondary N) is 3. The van der Waals surface area contributed by atoms with Crippen LogP contribution < -0.4 is 16.0 Å². The molecular weight excluding hydrogens is 142 g/mol. The first-order valence-corrected chi connectivity index (χ1v) is 4.08. The number of rotatable bonds is 0. The van der Waals surface area contributed by atoms with Crippen LogP contribution in [-0.4, -0.2) is 38.6 Å². The van der Waals surface area contributed by atoms with E-state index < -0.39 is 0 Å². The number of hydrogen-bond acceptors (Lipinski definition) is 3. The lowest BCUT2D eigenvalue weighted by Gasteiger charge is -2.11. The average molecular weight is 157 g/mol. The van der Waals surface area contributed by atoms with Crippen molar-refractivity contribution in [1.82, 2.24) is 16.0 Å². The molecule has 0 saturated carbocycles. The second-order valence-electron chi connectivity index (χ2n) is 2.63. The molecule has 2 fully saturated rings. The van der Waals surface area contributed by atoms with Gasteiger partial charge in [0.05, 0.1) is 6.54 Å². The molecule has 0 atom stereocenters. The molecule has 0 aliphatic carbocycles. The molecule has 0 aromatic carbocycles. The Morgan fingerprint density at radius 2 is 1.64 bits per heavy atom. The predicted octanol–water partition coefficient (Wildman–Crippen LogP) is -1.31. The molecule has 2 saturated heterocycles. The maximum absolute atomic E-state index is 10.3. The number of amides is 1.